The number of aromatic nitrogens is 3. The van der Waals surface area contributed by atoms with Crippen LogP contribution in [-0.4, -0.2) is 31.8 Å². The molecule has 3 aliphatic rings. The van der Waals surface area contributed by atoms with E-state index in [2.05, 4.69) is 50.5 Å². The van der Waals surface area contributed by atoms with E-state index in [1.165, 1.54) is 49.1 Å². The van der Waals surface area contributed by atoms with E-state index in [-0.39, 0.29) is 17.8 Å². The number of carbonyl (C=O) groups excluding carboxylic acids is 1. The van der Waals surface area contributed by atoms with E-state index in [1.54, 1.807) is 0 Å². The minimum atomic E-state index is -0.234. The first-order chi connectivity index (χ1) is 16.3. The van der Waals surface area contributed by atoms with Gasteiger partial charge in [0.15, 0.2) is 0 Å². The molecule has 5 rings (SSSR count). The van der Waals surface area contributed by atoms with Gasteiger partial charge in [-0.1, -0.05) is 37.6 Å². The lowest BCUT2D eigenvalue weighted by molar-refractivity contribution is -0.119. The van der Waals surface area contributed by atoms with Crippen LogP contribution >= 0.6 is 0 Å². The number of rotatable bonds is 10. The monoisotopic (exact) mass is 463 g/mol. The molecule has 0 saturated heterocycles. The maximum Gasteiger partial charge on any atom is 0.138 e. The topological polar surface area (TPSA) is 68.0 Å². The molecule has 0 bridgehead atoms. The Morgan fingerprint density at radius 2 is 1.85 bits per heavy atom. The maximum absolute atomic E-state index is 13.3. The average Bonchev–Trinajstić information content (AvgIpc) is 3.47. The molecule has 0 aliphatic heterocycles. The van der Waals surface area contributed by atoms with Crippen LogP contribution in [0.25, 0.3) is 0 Å². The fourth-order valence-corrected chi connectivity index (χ4v) is 6.36. The molecule has 5 nitrogen and oxygen atoms in total. The van der Waals surface area contributed by atoms with E-state index in [0.717, 1.165) is 36.1 Å². The van der Waals surface area contributed by atoms with Crippen LogP contribution in [0.1, 0.15) is 111 Å². The number of ketones is 1. The Labute approximate surface area is 204 Å². The van der Waals surface area contributed by atoms with E-state index >= 15 is 0 Å². The Morgan fingerprint density at radius 1 is 1.12 bits per heavy atom. The lowest BCUT2D eigenvalue weighted by Gasteiger charge is -2.38. The quantitative estimate of drug-likeness (QED) is 0.482. The van der Waals surface area contributed by atoms with Crippen molar-refractivity contribution < 1.29 is 9.90 Å². The molecule has 5 heteroatoms. The van der Waals surface area contributed by atoms with Gasteiger partial charge in [-0.05, 0) is 87.7 Å². The van der Waals surface area contributed by atoms with Gasteiger partial charge in [0, 0.05) is 30.7 Å². The van der Waals surface area contributed by atoms with Crippen molar-refractivity contribution in [2.24, 2.45) is 17.8 Å². The Kier molecular flexibility index (Phi) is 6.67. The number of hydrogen-bond donors (Lipinski definition) is 1. The third-order valence-corrected chi connectivity index (χ3v) is 8.45. The van der Waals surface area contributed by atoms with Crippen molar-refractivity contribution in [3.63, 3.8) is 0 Å². The van der Waals surface area contributed by atoms with Crippen molar-refractivity contribution in [3.05, 3.63) is 46.5 Å². The summed E-state index contributed by atoms with van der Waals surface area (Å²) in [5, 5.41) is 19.6. The normalized spacial score (nSPS) is 27.4. The molecule has 1 aromatic heterocycles. The zero-order chi connectivity index (χ0) is 24.0. The van der Waals surface area contributed by atoms with E-state index in [1.807, 2.05) is 0 Å². The van der Waals surface area contributed by atoms with E-state index in [9.17, 15) is 9.90 Å². The Balaban J connectivity index is 1.35. The second-order valence-corrected chi connectivity index (χ2v) is 12.0. The molecule has 3 aliphatic carbocycles. The van der Waals surface area contributed by atoms with Gasteiger partial charge in [0.05, 0.1) is 6.10 Å². The highest BCUT2D eigenvalue weighted by molar-refractivity contribution is 5.82. The third-order valence-electron chi connectivity index (χ3n) is 8.45. The molecule has 1 heterocycles. The average molecular weight is 464 g/mol. The van der Waals surface area contributed by atoms with Crippen LogP contribution in [0.4, 0.5) is 0 Å². The molecule has 1 N–H and O–H groups in total. The summed E-state index contributed by atoms with van der Waals surface area (Å²) in [7, 11) is 0. The second-order valence-electron chi connectivity index (χ2n) is 12.0. The summed E-state index contributed by atoms with van der Waals surface area (Å²) in [6.45, 7) is 8.80. The van der Waals surface area contributed by atoms with Crippen LogP contribution in [-0.2, 0) is 11.2 Å². The van der Waals surface area contributed by atoms with Crippen LogP contribution in [0.3, 0.4) is 0 Å². The summed E-state index contributed by atoms with van der Waals surface area (Å²) in [6, 6.07) is 6.85. The first kappa shape index (κ1) is 23.7. The standard InChI is InChI=1S/C29H41N3O2/c1-17(2)9-20-11-23(12-20)28-30-31-29(32(28)24-7-8-24)27(22-14-25(33)15-22)16-26(34)13-21-6-5-18(3)10-19(21)4/h5-6,10,17,20,22-25,27,33H,7-9,11-16H2,1-4H3/t20?,22?,23?,25?,27-/m1/s1. The first-order valence-corrected chi connectivity index (χ1v) is 13.5. The number of benzene rings is 1. The fourth-order valence-electron chi connectivity index (χ4n) is 6.36. The van der Waals surface area contributed by atoms with Crippen LogP contribution in [0.2, 0.25) is 0 Å². The highest BCUT2D eigenvalue weighted by atomic mass is 16.3. The van der Waals surface area contributed by atoms with Gasteiger partial charge in [-0.3, -0.25) is 4.79 Å². The predicted molar refractivity (Wildman–Crippen MR) is 134 cm³/mol. The highest BCUT2D eigenvalue weighted by Crippen LogP contribution is 2.49. The van der Waals surface area contributed by atoms with Crippen molar-refractivity contribution in [1.29, 1.82) is 0 Å². The summed E-state index contributed by atoms with van der Waals surface area (Å²) >= 11 is 0. The lowest BCUT2D eigenvalue weighted by atomic mass is 9.70. The summed E-state index contributed by atoms with van der Waals surface area (Å²) in [6.07, 6.45) is 8.41. The number of aryl methyl sites for hydroxylation is 2. The number of aliphatic hydroxyl groups excluding tert-OH is 1. The molecule has 3 fully saturated rings. The molecule has 0 spiro atoms. The number of Topliss-reactive ketones (excluding diaryl/α,β-unsaturated/α-hetero) is 1. The van der Waals surface area contributed by atoms with Gasteiger partial charge >= 0.3 is 0 Å². The third kappa shape index (κ3) is 5.00. The van der Waals surface area contributed by atoms with Crippen LogP contribution in [0.15, 0.2) is 18.2 Å². The van der Waals surface area contributed by atoms with Gasteiger partial charge < -0.3 is 9.67 Å². The highest BCUT2D eigenvalue weighted by Gasteiger charge is 2.43. The summed E-state index contributed by atoms with van der Waals surface area (Å²) in [5.41, 5.74) is 3.54. The minimum absolute atomic E-state index is 0.0649. The number of aliphatic hydroxyl groups is 1. The van der Waals surface area contributed by atoms with Gasteiger partial charge in [0.1, 0.15) is 17.4 Å². The first-order valence-electron chi connectivity index (χ1n) is 13.5. The van der Waals surface area contributed by atoms with Gasteiger partial charge in [-0.15, -0.1) is 10.2 Å². The van der Waals surface area contributed by atoms with Gasteiger partial charge in [0.2, 0.25) is 0 Å². The predicted octanol–water partition coefficient (Wildman–Crippen LogP) is 5.83. The molecule has 2 aromatic rings. The molecular weight excluding hydrogens is 422 g/mol. The number of nitrogens with zero attached hydrogens (tertiary/aromatic N) is 3. The van der Waals surface area contributed by atoms with Crippen molar-refractivity contribution >= 4 is 5.78 Å². The molecule has 34 heavy (non-hydrogen) atoms. The van der Waals surface area contributed by atoms with Crippen molar-refractivity contribution in [3.8, 4) is 0 Å². The SMILES string of the molecule is Cc1ccc(CC(=O)C[C@@H](c2nnc(C3CC(CC(C)C)C3)n2C2CC2)C2CC(O)C2)c(C)c1. The largest absolute Gasteiger partial charge is 0.393 e. The molecular formula is C29H41N3O2. The van der Waals surface area contributed by atoms with Crippen molar-refractivity contribution in [1.82, 2.24) is 14.8 Å². The fraction of sp³-hybridized carbons (Fsp3) is 0.690. The Bertz CT molecular complexity index is 1030. The van der Waals surface area contributed by atoms with Gasteiger partial charge in [0.25, 0.3) is 0 Å². The number of carbonyl (C=O) groups is 1. The van der Waals surface area contributed by atoms with E-state index in [0.29, 0.717) is 30.7 Å². The van der Waals surface area contributed by atoms with Crippen LogP contribution in [0, 0.1) is 31.6 Å². The molecule has 0 unspecified atom stereocenters. The van der Waals surface area contributed by atoms with Crippen LogP contribution < -0.4 is 0 Å². The molecule has 1 aromatic carbocycles. The minimum Gasteiger partial charge on any atom is -0.393 e. The number of hydrogen-bond acceptors (Lipinski definition) is 4. The second kappa shape index (κ2) is 9.56. The van der Waals surface area contributed by atoms with Gasteiger partial charge in [-0.25, -0.2) is 0 Å². The van der Waals surface area contributed by atoms with Crippen LogP contribution in [0.5, 0.6) is 0 Å². The zero-order valence-electron chi connectivity index (χ0n) is 21.3. The van der Waals surface area contributed by atoms with Crippen molar-refractivity contribution in [2.45, 2.75) is 109 Å². The summed E-state index contributed by atoms with van der Waals surface area (Å²) < 4.78 is 2.44. The van der Waals surface area contributed by atoms with Gasteiger partial charge in [-0.2, -0.15) is 0 Å². The Morgan fingerprint density at radius 3 is 2.47 bits per heavy atom. The lowest BCUT2D eigenvalue weighted by Crippen LogP contribution is -2.35. The molecule has 3 saturated carbocycles. The van der Waals surface area contributed by atoms with E-state index in [4.69, 9.17) is 10.2 Å². The van der Waals surface area contributed by atoms with Crippen molar-refractivity contribution in [2.75, 3.05) is 0 Å². The Hall–Kier alpha value is -2.01. The summed E-state index contributed by atoms with van der Waals surface area (Å²) in [5.74, 6) is 4.93. The maximum atomic E-state index is 13.3. The molecule has 0 amide bonds. The zero-order valence-corrected chi connectivity index (χ0v) is 21.3. The van der Waals surface area contributed by atoms with E-state index < -0.39 is 0 Å². The molecule has 184 valence electrons. The summed E-state index contributed by atoms with van der Waals surface area (Å²) in [4.78, 5) is 13.3. The molecule has 1 atom stereocenters. The smallest absolute Gasteiger partial charge is 0.138 e. The molecule has 0 radical (unpaired) electrons.